The molecule has 3 aromatic carbocycles. The molecule has 2 saturated heterocycles. The molecule has 2 aliphatic heterocycles. The molecule has 0 radical (unpaired) electrons. The lowest BCUT2D eigenvalue weighted by Gasteiger charge is -2.38. The maximum absolute atomic E-state index is 13.1. The van der Waals surface area contributed by atoms with Crippen LogP contribution in [0.25, 0.3) is 10.8 Å². The van der Waals surface area contributed by atoms with E-state index in [4.69, 9.17) is 0 Å². The number of anilines is 1. The van der Waals surface area contributed by atoms with Crippen LogP contribution in [0.5, 0.6) is 0 Å². The van der Waals surface area contributed by atoms with E-state index in [1.807, 2.05) is 40.1 Å². The van der Waals surface area contributed by atoms with E-state index in [2.05, 4.69) is 52.7 Å². The third-order valence-electron chi connectivity index (χ3n) is 7.11. The second kappa shape index (κ2) is 10.3. The van der Waals surface area contributed by atoms with Gasteiger partial charge in [-0.3, -0.25) is 9.69 Å². The van der Waals surface area contributed by atoms with Gasteiger partial charge < -0.3 is 15.1 Å². The Balaban J connectivity index is 1.09. The lowest BCUT2D eigenvalue weighted by molar-refractivity contribution is -0.138. The Labute approximate surface area is 201 Å². The lowest BCUT2D eigenvalue weighted by Crippen LogP contribution is -2.51. The van der Waals surface area contributed by atoms with Gasteiger partial charge in [-0.15, -0.1) is 0 Å². The fraction of sp³-hybridized carbons (Fsp3) is 0.357. The molecule has 2 fully saturated rings. The van der Waals surface area contributed by atoms with Crippen LogP contribution in [0.4, 0.5) is 10.5 Å². The standard InChI is InChI=1S/C28H32N4O2/c33-27(23-13-15-32(16-14-23)28(34)29-25-10-2-1-3-11-25)31-19-17-30(18-20-31)21-24-9-6-8-22-7-4-5-12-26(22)24/h1-12,23H,13-21H2,(H,29,34). The first-order valence-electron chi connectivity index (χ1n) is 12.3. The van der Waals surface area contributed by atoms with Crippen LogP contribution in [0, 0.1) is 5.92 Å². The van der Waals surface area contributed by atoms with Gasteiger partial charge in [0.2, 0.25) is 5.91 Å². The predicted octanol–water partition coefficient (Wildman–Crippen LogP) is 4.43. The van der Waals surface area contributed by atoms with E-state index in [1.54, 1.807) is 0 Å². The molecular weight excluding hydrogens is 424 g/mol. The summed E-state index contributed by atoms with van der Waals surface area (Å²) in [5.41, 5.74) is 2.14. The number of piperidine rings is 1. The van der Waals surface area contributed by atoms with Crippen LogP contribution >= 0.6 is 0 Å². The first-order chi connectivity index (χ1) is 16.7. The molecule has 1 N–H and O–H groups in total. The molecule has 2 aliphatic rings. The van der Waals surface area contributed by atoms with Gasteiger partial charge in [0.25, 0.3) is 0 Å². The third kappa shape index (κ3) is 5.07. The largest absolute Gasteiger partial charge is 0.340 e. The lowest BCUT2D eigenvalue weighted by atomic mass is 9.95. The highest BCUT2D eigenvalue weighted by atomic mass is 16.2. The van der Waals surface area contributed by atoms with E-state index < -0.39 is 0 Å². The van der Waals surface area contributed by atoms with Crippen molar-refractivity contribution in [3.05, 3.63) is 78.4 Å². The van der Waals surface area contributed by atoms with Gasteiger partial charge in [0.05, 0.1) is 0 Å². The normalized spacial score (nSPS) is 17.6. The van der Waals surface area contributed by atoms with Crippen molar-refractivity contribution in [3.63, 3.8) is 0 Å². The van der Waals surface area contributed by atoms with E-state index in [0.717, 1.165) is 51.3 Å². The fourth-order valence-electron chi connectivity index (χ4n) is 5.11. The van der Waals surface area contributed by atoms with Crippen molar-refractivity contribution in [1.29, 1.82) is 0 Å². The Bertz CT molecular complexity index is 1130. The quantitative estimate of drug-likeness (QED) is 0.632. The molecule has 176 valence electrons. The van der Waals surface area contributed by atoms with E-state index in [1.165, 1.54) is 16.3 Å². The molecule has 3 aromatic rings. The second-order valence-electron chi connectivity index (χ2n) is 9.30. The smallest absolute Gasteiger partial charge is 0.321 e. The van der Waals surface area contributed by atoms with Crippen LogP contribution in [0.2, 0.25) is 0 Å². The van der Waals surface area contributed by atoms with E-state index >= 15 is 0 Å². The number of nitrogens with one attached hydrogen (secondary N) is 1. The van der Waals surface area contributed by atoms with Gasteiger partial charge >= 0.3 is 6.03 Å². The van der Waals surface area contributed by atoms with Crippen molar-refractivity contribution in [2.45, 2.75) is 19.4 Å². The first kappa shape index (κ1) is 22.4. The summed E-state index contributed by atoms with van der Waals surface area (Å²) in [5, 5.41) is 5.53. The molecule has 34 heavy (non-hydrogen) atoms. The minimum absolute atomic E-state index is 0.0189. The van der Waals surface area contributed by atoms with Crippen LogP contribution in [-0.4, -0.2) is 65.9 Å². The molecule has 0 aliphatic carbocycles. The van der Waals surface area contributed by atoms with Crippen LogP contribution in [0.3, 0.4) is 0 Å². The summed E-state index contributed by atoms with van der Waals surface area (Å²) in [4.78, 5) is 32.0. The number of amides is 3. The van der Waals surface area contributed by atoms with E-state index in [0.29, 0.717) is 13.1 Å². The maximum Gasteiger partial charge on any atom is 0.321 e. The highest BCUT2D eigenvalue weighted by Gasteiger charge is 2.31. The van der Waals surface area contributed by atoms with Crippen molar-refractivity contribution in [2.75, 3.05) is 44.6 Å². The molecule has 0 saturated carbocycles. The van der Waals surface area contributed by atoms with Crippen LogP contribution in [-0.2, 0) is 11.3 Å². The van der Waals surface area contributed by atoms with Gasteiger partial charge in [0.1, 0.15) is 0 Å². The minimum atomic E-state index is -0.0841. The number of para-hydroxylation sites is 1. The number of hydrogen-bond acceptors (Lipinski definition) is 3. The van der Waals surface area contributed by atoms with Crippen molar-refractivity contribution < 1.29 is 9.59 Å². The summed E-state index contributed by atoms with van der Waals surface area (Å²) in [6.07, 6.45) is 1.47. The molecule has 0 aromatic heterocycles. The summed E-state index contributed by atoms with van der Waals surface area (Å²) >= 11 is 0. The second-order valence-corrected chi connectivity index (χ2v) is 9.30. The summed E-state index contributed by atoms with van der Waals surface area (Å²) in [7, 11) is 0. The zero-order valence-electron chi connectivity index (χ0n) is 19.5. The summed E-state index contributed by atoms with van der Waals surface area (Å²) in [5.74, 6) is 0.276. The molecule has 3 amide bonds. The van der Waals surface area contributed by atoms with Gasteiger partial charge in [-0.25, -0.2) is 4.79 Å². The molecule has 5 rings (SSSR count). The van der Waals surface area contributed by atoms with Gasteiger partial charge in [-0.2, -0.15) is 0 Å². The maximum atomic E-state index is 13.1. The topological polar surface area (TPSA) is 55.9 Å². The van der Waals surface area contributed by atoms with Crippen molar-refractivity contribution in [3.8, 4) is 0 Å². The van der Waals surface area contributed by atoms with Gasteiger partial charge in [0, 0.05) is 57.4 Å². The number of piperazine rings is 1. The highest BCUT2D eigenvalue weighted by Crippen LogP contribution is 2.23. The monoisotopic (exact) mass is 456 g/mol. The number of urea groups is 1. The number of fused-ring (bicyclic) bond motifs is 1. The van der Waals surface area contributed by atoms with Gasteiger partial charge in [-0.05, 0) is 41.3 Å². The summed E-state index contributed by atoms with van der Waals surface area (Å²) in [6.45, 7) is 5.50. The van der Waals surface area contributed by atoms with Gasteiger partial charge in [-0.1, -0.05) is 60.7 Å². The number of nitrogens with zero attached hydrogens (tertiary/aromatic N) is 3. The Morgan fingerprint density at radius 3 is 2.18 bits per heavy atom. The minimum Gasteiger partial charge on any atom is -0.340 e. The SMILES string of the molecule is O=C(Nc1ccccc1)N1CCC(C(=O)N2CCN(Cc3cccc4ccccc34)CC2)CC1. The zero-order chi connectivity index (χ0) is 23.3. The Morgan fingerprint density at radius 1 is 0.735 bits per heavy atom. The summed E-state index contributed by atoms with van der Waals surface area (Å²) in [6, 6.07) is 24.4. The Hall–Kier alpha value is -3.38. The molecule has 0 bridgehead atoms. The van der Waals surface area contributed by atoms with E-state index in [9.17, 15) is 9.59 Å². The zero-order valence-corrected chi connectivity index (χ0v) is 19.5. The third-order valence-corrected chi connectivity index (χ3v) is 7.11. The fourth-order valence-corrected chi connectivity index (χ4v) is 5.11. The Kier molecular flexibility index (Phi) is 6.77. The predicted molar refractivity (Wildman–Crippen MR) is 136 cm³/mol. The molecule has 6 nitrogen and oxygen atoms in total. The van der Waals surface area contributed by atoms with Gasteiger partial charge in [0.15, 0.2) is 0 Å². The molecule has 0 spiro atoms. The molecule has 6 heteroatoms. The van der Waals surface area contributed by atoms with Crippen LogP contribution in [0.15, 0.2) is 72.8 Å². The molecule has 0 unspecified atom stereocenters. The average molecular weight is 457 g/mol. The summed E-state index contributed by atoms with van der Waals surface area (Å²) < 4.78 is 0. The Morgan fingerprint density at radius 2 is 1.41 bits per heavy atom. The van der Waals surface area contributed by atoms with Crippen LogP contribution < -0.4 is 5.32 Å². The molecule has 2 heterocycles. The first-order valence-corrected chi connectivity index (χ1v) is 12.3. The number of likely N-dealkylation sites (tertiary alicyclic amines) is 1. The molecular formula is C28H32N4O2. The number of hydrogen-bond donors (Lipinski definition) is 1. The van der Waals surface area contributed by atoms with Crippen molar-refractivity contribution in [1.82, 2.24) is 14.7 Å². The van der Waals surface area contributed by atoms with E-state index in [-0.39, 0.29) is 17.9 Å². The average Bonchev–Trinajstić information content (AvgIpc) is 2.90. The van der Waals surface area contributed by atoms with Crippen molar-refractivity contribution >= 4 is 28.4 Å². The highest BCUT2D eigenvalue weighted by molar-refractivity contribution is 5.89. The number of carbonyl (C=O) groups excluding carboxylic acids is 2. The number of benzene rings is 3. The van der Waals surface area contributed by atoms with Crippen molar-refractivity contribution in [2.24, 2.45) is 5.92 Å². The number of carbonyl (C=O) groups is 2. The number of rotatable bonds is 4. The molecule has 0 atom stereocenters. The van der Waals surface area contributed by atoms with Crippen LogP contribution in [0.1, 0.15) is 18.4 Å².